The molecule has 0 aliphatic carbocycles. The van der Waals surface area contributed by atoms with E-state index in [-0.39, 0.29) is 45.8 Å². The molecule has 0 saturated heterocycles. The molecule has 10 nitrogen and oxygen atoms in total. The van der Waals surface area contributed by atoms with Gasteiger partial charge in [-0.05, 0) is 24.7 Å². The average molecular weight is 836 g/mol. The van der Waals surface area contributed by atoms with Gasteiger partial charge in [0, 0.05) is 24.8 Å². The van der Waals surface area contributed by atoms with Crippen LogP contribution in [0.5, 0.6) is 0 Å². The first-order valence-electron chi connectivity index (χ1n) is 20.4. The molecule has 0 saturated carbocycles. The fourth-order valence-electron chi connectivity index (χ4n) is 6.22. The van der Waals surface area contributed by atoms with Gasteiger partial charge in [-0.2, -0.15) is 0 Å². The third kappa shape index (κ3) is 32.9. The Morgan fingerprint density at radius 2 is 0.784 bits per heavy atom. The number of hydrogen-bond donors (Lipinski definition) is 2. The molecule has 0 bridgehead atoms. The molecule has 4 unspecified atom stereocenters. The predicted octanol–water partition coefficient (Wildman–Crippen LogP) is 4.14. The Morgan fingerprint density at radius 3 is 1.04 bits per heavy atom. The summed E-state index contributed by atoms with van der Waals surface area (Å²) < 4.78 is 3.39. The number of carboxylic acid groups (broad SMARTS) is 4. The number of aliphatic carboxylic acids is 4. The summed E-state index contributed by atoms with van der Waals surface area (Å²) in [6.45, 7) is 12.4. The summed E-state index contributed by atoms with van der Waals surface area (Å²) in [7, 11) is 0. The van der Waals surface area contributed by atoms with E-state index in [9.17, 15) is 49.8 Å². The Balaban J connectivity index is -0.000000678. The Kier molecular flexibility index (Phi) is 37.7. The maximum absolute atomic E-state index is 10.8. The number of carbonyl (C=O) groups excluding carboxylic acids is 4. The van der Waals surface area contributed by atoms with Crippen molar-refractivity contribution in [3.63, 3.8) is 0 Å². The molecule has 0 heterocycles. The molecule has 11 heteroatoms. The van der Waals surface area contributed by atoms with Crippen molar-refractivity contribution >= 4 is 45.0 Å². The third-order valence-electron chi connectivity index (χ3n) is 9.68. The van der Waals surface area contributed by atoms with Crippen LogP contribution in [0.4, 0.5) is 0 Å². The van der Waals surface area contributed by atoms with Crippen molar-refractivity contribution in [3.8, 4) is 0 Å². The summed E-state index contributed by atoms with van der Waals surface area (Å²) >= 11 is -0.259. The van der Waals surface area contributed by atoms with Crippen LogP contribution in [0.25, 0.3) is 0 Å². The van der Waals surface area contributed by atoms with Gasteiger partial charge in [0.15, 0.2) is 0 Å². The number of aliphatic hydroxyl groups is 2. The number of hydrogen-bond acceptors (Lipinski definition) is 10. The molecule has 0 spiro atoms. The summed E-state index contributed by atoms with van der Waals surface area (Å²) in [4.78, 5) is 42.5. The molecule has 0 fully saturated rings. The topological polar surface area (TPSA) is 201 Å². The molecule has 0 aliphatic heterocycles. The van der Waals surface area contributed by atoms with Gasteiger partial charge in [0.1, 0.15) is 11.2 Å². The molecule has 51 heavy (non-hydrogen) atoms. The van der Waals surface area contributed by atoms with Gasteiger partial charge in [-0.15, -0.1) is 0 Å². The molecule has 0 aromatic rings. The monoisotopic (exact) mass is 836 g/mol. The van der Waals surface area contributed by atoms with Crippen LogP contribution in [0.3, 0.4) is 0 Å². The van der Waals surface area contributed by atoms with Crippen LogP contribution in [-0.4, -0.2) is 66.4 Å². The normalized spacial score (nSPS) is 14.4. The molecule has 4 atom stereocenters. The van der Waals surface area contributed by atoms with Gasteiger partial charge in [-0.25, -0.2) is 0 Å². The van der Waals surface area contributed by atoms with E-state index in [1.807, 2.05) is 27.7 Å². The molecule has 300 valence electrons. The number of carbonyl (C=O) groups is 4. The molecule has 0 aromatic heterocycles. The molecule has 0 aromatic carbocycles. The molecule has 0 rings (SSSR count). The van der Waals surface area contributed by atoms with Crippen molar-refractivity contribution in [2.45, 2.75) is 216 Å². The minimum atomic E-state index is -2.31. The summed E-state index contributed by atoms with van der Waals surface area (Å²) in [5.74, 6) is -6.67. The van der Waals surface area contributed by atoms with Crippen LogP contribution in [0.2, 0.25) is 8.87 Å². The van der Waals surface area contributed by atoms with E-state index in [0.717, 1.165) is 38.5 Å². The summed E-state index contributed by atoms with van der Waals surface area (Å²) in [5, 5.41) is 62.1. The Hall–Kier alpha value is -1.40. The van der Waals surface area contributed by atoms with E-state index in [1.165, 1.54) is 64.2 Å². The first-order chi connectivity index (χ1) is 24.1. The molecule has 0 aliphatic rings. The SMILES string of the molecule is CCCCC(CC)CC(O)(CC(=O)[O-])C(=O)[O-].CCCCC(CC)CC(O)(CC(=O)[O-])C(=O)[O-].CCCCCCC[CH2][SnH2+4][CH2]CCCCCCC. The van der Waals surface area contributed by atoms with Crippen LogP contribution in [0.15, 0.2) is 0 Å². The van der Waals surface area contributed by atoms with Gasteiger partial charge in [-0.3, -0.25) is 0 Å². The maximum atomic E-state index is 10.8. The van der Waals surface area contributed by atoms with Gasteiger partial charge in [0.2, 0.25) is 0 Å². The standard InChI is InChI=1S/2C12H22O5.2C8H17.Sn.2H/c2*1-3-5-6-9(4-2)7-12(17,11(15)16)8-10(13)14;2*1-3-5-7-8-6-4-2;;;/h2*9,17H,3-8H2,1-2H3,(H,13,14)(H,15,16);2*1,3-8H2,2H3;;;/q;;;;+4;;/p-4. The molecule has 2 N–H and O–H groups in total. The van der Waals surface area contributed by atoms with E-state index in [2.05, 4.69) is 13.8 Å². The van der Waals surface area contributed by atoms with Gasteiger partial charge in [0.05, 0.1) is 11.9 Å². The fourth-order valence-corrected chi connectivity index (χ4v) is 11.3. The molecule has 4 radical (unpaired) electrons. The Bertz CT molecular complexity index is 802. The van der Waals surface area contributed by atoms with Crippen LogP contribution in [0.1, 0.15) is 196 Å². The van der Waals surface area contributed by atoms with E-state index in [0.29, 0.717) is 12.8 Å². The van der Waals surface area contributed by atoms with Crippen molar-refractivity contribution in [2.75, 3.05) is 0 Å². The second kappa shape index (κ2) is 35.6. The zero-order valence-corrected chi connectivity index (χ0v) is 37.4. The van der Waals surface area contributed by atoms with Gasteiger partial charge in [0.25, 0.3) is 0 Å². The van der Waals surface area contributed by atoms with Crippen molar-refractivity contribution < 1.29 is 49.8 Å². The van der Waals surface area contributed by atoms with Crippen LogP contribution in [-0.2, 0) is 19.2 Å². The van der Waals surface area contributed by atoms with E-state index in [1.54, 1.807) is 21.7 Å². The zero-order chi connectivity index (χ0) is 39.6. The summed E-state index contributed by atoms with van der Waals surface area (Å²) in [5.41, 5.74) is -4.62. The Morgan fingerprint density at radius 1 is 0.490 bits per heavy atom. The molecular weight excluding hydrogens is 759 g/mol. The van der Waals surface area contributed by atoms with Gasteiger partial charge < -0.3 is 49.8 Å². The van der Waals surface area contributed by atoms with E-state index >= 15 is 0 Å². The van der Waals surface area contributed by atoms with Crippen LogP contribution >= 0.6 is 0 Å². The first kappa shape index (κ1) is 53.9. The predicted molar refractivity (Wildman–Crippen MR) is 200 cm³/mol. The molecule has 0 amide bonds. The van der Waals surface area contributed by atoms with Crippen LogP contribution < -0.4 is 20.4 Å². The average Bonchev–Trinajstić information content (AvgIpc) is 3.06. The fraction of sp³-hybridized carbons (Fsp3) is 0.900. The van der Waals surface area contributed by atoms with E-state index in [4.69, 9.17) is 0 Å². The minimum absolute atomic E-state index is 0.0165. The van der Waals surface area contributed by atoms with Crippen LogP contribution in [0, 0.1) is 11.8 Å². The van der Waals surface area contributed by atoms with Gasteiger partial charge in [-0.1, -0.05) is 79.1 Å². The third-order valence-corrected chi connectivity index (χ3v) is 15.4. The first-order valence-corrected chi connectivity index (χ1v) is 26.1. The van der Waals surface area contributed by atoms with Crippen molar-refractivity contribution in [2.24, 2.45) is 11.8 Å². The zero-order valence-electron chi connectivity index (χ0n) is 33.4. The van der Waals surface area contributed by atoms with Crippen molar-refractivity contribution in [1.29, 1.82) is 0 Å². The number of carboxylic acids is 4. The summed E-state index contributed by atoms with van der Waals surface area (Å²) in [6.07, 6.45) is 22.6. The van der Waals surface area contributed by atoms with Gasteiger partial charge >= 0.3 is 121 Å². The van der Waals surface area contributed by atoms with Crippen molar-refractivity contribution in [3.05, 3.63) is 0 Å². The quantitative estimate of drug-likeness (QED) is 0.0733. The number of rotatable bonds is 32. The van der Waals surface area contributed by atoms with E-state index < -0.39 is 47.9 Å². The Labute approximate surface area is 321 Å². The molecular formula is C40H76O10Sn. The second-order valence-electron chi connectivity index (χ2n) is 14.6. The summed E-state index contributed by atoms with van der Waals surface area (Å²) in [6, 6.07) is 0. The van der Waals surface area contributed by atoms with Crippen molar-refractivity contribution in [1.82, 2.24) is 0 Å². The second-order valence-corrected chi connectivity index (χ2v) is 20.6. The number of unbranched alkanes of at least 4 members (excludes halogenated alkanes) is 12.